The first kappa shape index (κ1) is 16.4. The van der Waals surface area contributed by atoms with E-state index in [1.54, 1.807) is 12.1 Å². The van der Waals surface area contributed by atoms with Crippen molar-refractivity contribution in [2.75, 3.05) is 19.8 Å². The first-order chi connectivity index (χ1) is 10.5. The lowest BCUT2D eigenvalue weighted by Gasteiger charge is -2.28. The fraction of sp³-hybridized carbons (Fsp3) is 0.500. The van der Waals surface area contributed by atoms with E-state index in [-0.39, 0.29) is 31.5 Å². The highest BCUT2D eigenvalue weighted by Gasteiger charge is 2.42. The highest BCUT2D eigenvalue weighted by molar-refractivity contribution is 5.88. The molecule has 0 bridgehead atoms. The van der Waals surface area contributed by atoms with Gasteiger partial charge in [-0.25, -0.2) is 9.18 Å². The minimum absolute atomic E-state index is 0.136. The van der Waals surface area contributed by atoms with Crippen LogP contribution in [-0.2, 0) is 19.7 Å². The molecule has 0 atom stereocenters. The Hall–Kier alpha value is -1.95. The maximum atomic E-state index is 13.5. The van der Waals surface area contributed by atoms with Gasteiger partial charge in [0.2, 0.25) is 5.91 Å². The van der Waals surface area contributed by atoms with Gasteiger partial charge in [0.15, 0.2) is 0 Å². The van der Waals surface area contributed by atoms with Crippen LogP contribution in [0.15, 0.2) is 24.3 Å². The molecule has 120 valence electrons. The monoisotopic (exact) mass is 309 g/mol. The third kappa shape index (κ3) is 3.82. The quantitative estimate of drug-likeness (QED) is 0.754. The van der Waals surface area contributed by atoms with Crippen LogP contribution in [0.3, 0.4) is 0 Å². The van der Waals surface area contributed by atoms with Crippen molar-refractivity contribution >= 4 is 11.9 Å². The SMILES string of the molecule is O=C(O)COCCNC(=O)C1(c2cccc(F)c2)CCCC1. The van der Waals surface area contributed by atoms with Crippen LogP contribution in [0.1, 0.15) is 31.2 Å². The lowest BCUT2D eigenvalue weighted by atomic mass is 9.78. The molecule has 0 heterocycles. The average molecular weight is 309 g/mol. The molecule has 0 aromatic heterocycles. The van der Waals surface area contributed by atoms with E-state index in [0.29, 0.717) is 18.4 Å². The first-order valence-electron chi connectivity index (χ1n) is 7.38. The number of aliphatic carboxylic acids is 1. The first-order valence-corrected chi connectivity index (χ1v) is 7.38. The lowest BCUT2D eigenvalue weighted by Crippen LogP contribution is -2.43. The van der Waals surface area contributed by atoms with Crippen LogP contribution in [0.2, 0.25) is 0 Å². The number of nitrogens with one attached hydrogen (secondary N) is 1. The molecule has 2 N–H and O–H groups in total. The van der Waals surface area contributed by atoms with Gasteiger partial charge in [0.05, 0.1) is 12.0 Å². The molecule has 1 amide bonds. The van der Waals surface area contributed by atoms with Crippen molar-refractivity contribution in [1.29, 1.82) is 0 Å². The number of hydrogen-bond donors (Lipinski definition) is 2. The van der Waals surface area contributed by atoms with Crippen LogP contribution in [0.5, 0.6) is 0 Å². The zero-order valence-corrected chi connectivity index (χ0v) is 12.3. The van der Waals surface area contributed by atoms with Crippen molar-refractivity contribution in [3.8, 4) is 0 Å². The Kier molecular flexibility index (Phi) is 5.49. The van der Waals surface area contributed by atoms with Gasteiger partial charge >= 0.3 is 5.97 Å². The van der Waals surface area contributed by atoms with Gasteiger partial charge < -0.3 is 15.2 Å². The van der Waals surface area contributed by atoms with Gasteiger partial charge in [0.25, 0.3) is 0 Å². The molecule has 0 saturated heterocycles. The second kappa shape index (κ2) is 7.35. The fourth-order valence-electron chi connectivity index (χ4n) is 2.98. The second-order valence-corrected chi connectivity index (χ2v) is 5.50. The fourth-order valence-corrected chi connectivity index (χ4v) is 2.98. The largest absolute Gasteiger partial charge is 0.480 e. The minimum atomic E-state index is -1.04. The van der Waals surface area contributed by atoms with Crippen LogP contribution in [0.25, 0.3) is 0 Å². The molecule has 0 spiro atoms. The molecule has 1 saturated carbocycles. The number of carboxylic acids is 1. The van der Waals surface area contributed by atoms with E-state index >= 15 is 0 Å². The molecule has 0 aliphatic heterocycles. The molecular weight excluding hydrogens is 289 g/mol. The van der Waals surface area contributed by atoms with Crippen LogP contribution in [-0.4, -0.2) is 36.7 Å². The Morgan fingerprint density at radius 1 is 1.32 bits per heavy atom. The van der Waals surface area contributed by atoms with E-state index in [2.05, 4.69) is 5.32 Å². The topological polar surface area (TPSA) is 75.6 Å². The summed E-state index contributed by atoms with van der Waals surface area (Å²) in [5.41, 5.74) is 0.0171. The van der Waals surface area contributed by atoms with Gasteiger partial charge in [0.1, 0.15) is 12.4 Å². The van der Waals surface area contributed by atoms with E-state index in [9.17, 15) is 14.0 Å². The van der Waals surface area contributed by atoms with Crippen molar-refractivity contribution in [2.45, 2.75) is 31.1 Å². The van der Waals surface area contributed by atoms with Crippen molar-refractivity contribution in [1.82, 2.24) is 5.32 Å². The number of hydrogen-bond acceptors (Lipinski definition) is 3. The van der Waals surface area contributed by atoms with E-state index in [0.717, 1.165) is 12.8 Å². The molecular formula is C16H20FNO4. The summed E-state index contributed by atoms with van der Waals surface area (Å²) in [5, 5.41) is 11.2. The molecule has 1 aliphatic carbocycles. The maximum Gasteiger partial charge on any atom is 0.329 e. The van der Waals surface area contributed by atoms with Crippen molar-refractivity contribution in [3.63, 3.8) is 0 Å². The van der Waals surface area contributed by atoms with Crippen molar-refractivity contribution in [2.24, 2.45) is 0 Å². The Morgan fingerprint density at radius 2 is 2.05 bits per heavy atom. The molecule has 1 fully saturated rings. The summed E-state index contributed by atoms with van der Waals surface area (Å²) in [6, 6.07) is 6.19. The van der Waals surface area contributed by atoms with Gasteiger partial charge in [-0.05, 0) is 30.5 Å². The summed E-state index contributed by atoms with van der Waals surface area (Å²) in [7, 11) is 0. The molecule has 0 radical (unpaired) electrons. The summed E-state index contributed by atoms with van der Waals surface area (Å²) in [6.07, 6.45) is 3.25. The molecule has 0 unspecified atom stereocenters. The predicted molar refractivity (Wildman–Crippen MR) is 78.0 cm³/mol. The molecule has 1 aromatic carbocycles. The van der Waals surface area contributed by atoms with E-state index in [1.807, 2.05) is 0 Å². The molecule has 6 heteroatoms. The Labute approximate surface area is 128 Å². The number of carboxylic acid groups (broad SMARTS) is 1. The summed E-state index contributed by atoms with van der Waals surface area (Å²) in [5.74, 6) is -1.53. The number of halogens is 1. The van der Waals surface area contributed by atoms with Crippen LogP contribution in [0.4, 0.5) is 4.39 Å². The minimum Gasteiger partial charge on any atom is -0.480 e. The third-order valence-corrected chi connectivity index (χ3v) is 4.03. The normalized spacial score (nSPS) is 16.4. The zero-order valence-electron chi connectivity index (χ0n) is 12.3. The highest BCUT2D eigenvalue weighted by Crippen LogP contribution is 2.41. The molecule has 22 heavy (non-hydrogen) atoms. The van der Waals surface area contributed by atoms with Gasteiger partial charge in [-0.2, -0.15) is 0 Å². The molecule has 2 rings (SSSR count). The highest BCUT2D eigenvalue weighted by atomic mass is 19.1. The summed E-state index contributed by atoms with van der Waals surface area (Å²) >= 11 is 0. The molecule has 1 aliphatic rings. The second-order valence-electron chi connectivity index (χ2n) is 5.50. The summed E-state index contributed by atoms with van der Waals surface area (Å²) in [4.78, 5) is 22.9. The van der Waals surface area contributed by atoms with E-state index in [1.165, 1.54) is 12.1 Å². The van der Waals surface area contributed by atoms with Crippen LogP contribution in [0, 0.1) is 5.82 Å². The van der Waals surface area contributed by atoms with Crippen LogP contribution >= 0.6 is 0 Å². The Morgan fingerprint density at radius 3 is 2.68 bits per heavy atom. The molecule has 5 nitrogen and oxygen atoms in total. The predicted octanol–water partition coefficient (Wildman–Crippen LogP) is 1.85. The van der Waals surface area contributed by atoms with Crippen molar-refractivity contribution in [3.05, 3.63) is 35.6 Å². The van der Waals surface area contributed by atoms with Crippen molar-refractivity contribution < 1.29 is 23.8 Å². The Balaban J connectivity index is 1.98. The maximum absolute atomic E-state index is 13.5. The van der Waals surface area contributed by atoms with Crippen LogP contribution < -0.4 is 5.32 Å². The zero-order chi connectivity index (χ0) is 16.0. The summed E-state index contributed by atoms with van der Waals surface area (Å²) in [6.45, 7) is -0.00857. The van der Waals surface area contributed by atoms with Gasteiger partial charge in [-0.3, -0.25) is 4.79 Å². The summed E-state index contributed by atoms with van der Waals surface area (Å²) < 4.78 is 18.4. The van der Waals surface area contributed by atoms with Gasteiger partial charge in [0, 0.05) is 6.54 Å². The number of carbonyl (C=O) groups is 2. The standard InChI is InChI=1S/C16H20FNO4/c17-13-5-3-4-12(10-13)16(6-1-2-7-16)15(21)18-8-9-22-11-14(19)20/h3-5,10H,1-2,6-9,11H2,(H,18,21)(H,19,20). The number of carbonyl (C=O) groups excluding carboxylic acids is 1. The van der Waals surface area contributed by atoms with E-state index < -0.39 is 11.4 Å². The Bertz CT molecular complexity index is 541. The number of ether oxygens (including phenoxy) is 1. The van der Waals surface area contributed by atoms with Gasteiger partial charge in [-0.15, -0.1) is 0 Å². The smallest absolute Gasteiger partial charge is 0.329 e. The average Bonchev–Trinajstić information content (AvgIpc) is 2.97. The van der Waals surface area contributed by atoms with Gasteiger partial charge in [-0.1, -0.05) is 25.0 Å². The number of benzene rings is 1. The third-order valence-electron chi connectivity index (χ3n) is 4.03. The lowest BCUT2D eigenvalue weighted by molar-refractivity contribution is -0.142. The number of amides is 1. The molecule has 1 aromatic rings. The number of rotatable bonds is 7. The van der Waals surface area contributed by atoms with E-state index in [4.69, 9.17) is 9.84 Å².